The fourth-order valence-corrected chi connectivity index (χ4v) is 2.93. The molecular weight excluding hydrogens is 344 g/mol. The van der Waals surface area contributed by atoms with Crippen molar-refractivity contribution in [2.24, 2.45) is 4.99 Å². The first kappa shape index (κ1) is 21.3. The Balaban J connectivity index is 1.60. The molecule has 152 valence electrons. The zero-order valence-corrected chi connectivity index (χ0v) is 16.9. The molecule has 1 aromatic rings. The average Bonchev–Trinajstić information content (AvgIpc) is 2.71. The highest BCUT2D eigenvalue weighted by Crippen LogP contribution is 2.26. The molecule has 2 N–H and O–H groups in total. The molecule has 0 saturated carbocycles. The van der Waals surface area contributed by atoms with Crippen LogP contribution in [-0.2, 0) is 4.74 Å². The number of aliphatic imine (C=N–C) groups is 1. The molecule has 0 aliphatic carbocycles. The van der Waals surface area contributed by atoms with Crippen LogP contribution in [0.5, 0.6) is 11.5 Å². The van der Waals surface area contributed by atoms with Crippen LogP contribution >= 0.6 is 0 Å². The van der Waals surface area contributed by atoms with E-state index in [4.69, 9.17) is 14.2 Å². The van der Waals surface area contributed by atoms with Crippen LogP contribution in [-0.4, -0.2) is 77.1 Å². The number of guanidine groups is 1. The third-order valence-electron chi connectivity index (χ3n) is 4.48. The normalized spacial score (nSPS) is 16.6. The number of rotatable bonds is 10. The van der Waals surface area contributed by atoms with Crippen molar-refractivity contribution in [3.8, 4) is 11.5 Å². The number of benzene rings is 1. The van der Waals surface area contributed by atoms with E-state index in [1.165, 1.54) is 6.42 Å². The monoisotopic (exact) mass is 378 g/mol. The topological polar surface area (TPSA) is 67.4 Å². The van der Waals surface area contributed by atoms with Crippen molar-refractivity contribution >= 4 is 5.96 Å². The summed E-state index contributed by atoms with van der Waals surface area (Å²) < 4.78 is 16.7. The van der Waals surface area contributed by atoms with Crippen LogP contribution in [0, 0.1) is 0 Å². The molecule has 1 fully saturated rings. The fraction of sp³-hybridized carbons (Fsp3) is 0.650. The van der Waals surface area contributed by atoms with Gasteiger partial charge in [-0.2, -0.15) is 0 Å². The number of nitrogens with zero attached hydrogens (tertiary/aromatic N) is 2. The maximum atomic E-state index is 5.96. The predicted molar refractivity (Wildman–Crippen MR) is 109 cm³/mol. The van der Waals surface area contributed by atoms with Gasteiger partial charge in [-0.3, -0.25) is 9.89 Å². The van der Waals surface area contributed by atoms with Crippen molar-refractivity contribution in [1.29, 1.82) is 0 Å². The molecule has 1 unspecified atom stereocenters. The molecule has 2 rings (SSSR count). The van der Waals surface area contributed by atoms with E-state index in [1.807, 2.05) is 31.2 Å². The summed E-state index contributed by atoms with van der Waals surface area (Å²) in [6, 6.07) is 7.68. The molecule has 0 spiro atoms. The van der Waals surface area contributed by atoms with E-state index < -0.39 is 0 Å². The Labute approximate surface area is 163 Å². The van der Waals surface area contributed by atoms with Gasteiger partial charge in [-0.25, -0.2) is 0 Å². The zero-order chi connectivity index (χ0) is 19.3. The van der Waals surface area contributed by atoms with Gasteiger partial charge in [0.25, 0.3) is 0 Å². The Hall–Kier alpha value is -1.99. The molecule has 7 nitrogen and oxygen atoms in total. The molecular formula is C20H34N4O3. The maximum absolute atomic E-state index is 5.96. The second-order valence-corrected chi connectivity index (χ2v) is 6.62. The van der Waals surface area contributed by atoms with Crippen molar-refractivity contribution < 1.29 is 14.2 Å². The lowest BCUT2D eigenvalue weighted by Gasteiger charge is -2.26. The summed E-state index contributed by atoms with van der Waals surface area (Å²) in [4.78, 5) is 6.74. The Bertz CT molecular complexity index is 562. The summed E-state index contributed by atoms with van der Waals surface area (Å²) in [7, 11) is 3.44. The van der Waals surface area contributed by atoms with E-state index in [0.29, 0.717) is 6.54 Å². The van der Waals surface area contributed by atoms with Crippen molar-refractivity contribution in [2.45, 2.75) is 25.9 Å². The minimum absolute atomic E-state index is 0.0128. The summed E-state index contributed by atoms with van der Waals surface area (Å²) in [5.74, 6) is 2.30. The van der Waals surface area contributed by atoms with E-state index in [-0.39, 0.29) is 6.10 Å². The Morgan fingerprint density at radius 1 is 1.19 bits per heavy atom. The molecule has 1 heterocycles. The van der Waals surface area contributed by atoms with Gasteiger partial charge in [-0.1, -0.05) is 12.1 Å². The van der Waals surface area contributed by atoms with Crippen molar-refractivity contribution in [1.82, 2.24) is 15.5 Å². The van der Waals surface area contributed by atoms with Crippen molar-refractivity contribution in [2.75, 3.05) is 60.1 Å². The van der Waals surface area contributed by atoms with Crippen LogP contribution < -0.4 is 20.1 Å². The van der Waals surface area contributed by atoms with Crippen LogP contribution in [0.4, 0.5) is 0 Å². The molecule has 1 atom stereocenters. The Kier molecular flexibility index (Phi) is 9.79. The van der Waals surface area contributed by atoms with E-state index in [2.05, 4.69) is 20.5 Å². The second kappa shape index (κ2) is 12.4. The van der Waals surface area contributed by atoms with Gasteiger partial charge in [0.1, 0.15) is 6.10 Å². The SMILES string of the molecule is CN=C(NCCCCN1CCOCC1)NCC(C)Oc1ccccc1OC. The number of unbranched alkanes of at least 4 members (excludes halogenated alkanes) is 1. The van der Waals surface area contributed by atoms with E-state index >= 15 is 0 Å². The highest BCUT2D eigenvalue weighted by molar-refractivity contribution is 5.79. The van der Waals surface area contributed by atoms with Crippen molar-refractivity contribution in [3.05, 3.63) is 24.3 Å². The maximum Gasteiger partial charge on any atom is 0.191 e. The van der Waals surface area contributed by atoms with Crippen molar-refractivity contribution in [3.63, 3.8) is 0 Å². The van der Waals surface area contributed by atoms with E-state index in [1.54, 1.807) is 14.2 Å². The number of hydrogen-bond acceptors (Lipinski definition) is 5. The van der Waals surface area contributed by atoms with Gasteiger partial charge in [-0.05, 0) is 38.4 Å². The molecule has 7 heteroatoms. The fourth-order valence-electron chi connectivity index (χ4n) is 2.93. The molecule has 1 aliphatic rings. The summed E-state index contributed by atoms with van der Waals surface area (Å²) in [6.07, 6.45) is 2.28. The lowest BCUT2D eigenvalue weighted by atomic mass is 10.2. The molecule has 27 heavy (non-hydrogen) atoms. The van der Waals surface area contributed by atoms with Gasteiger partial charge in [0, 0.05) is 26.7 Å². The molecule has 0 bridgehead atoms. The largest absolute Gasteiger partial charge is 0.493 e. The quantitative estimate of drug-likeness (QED) is 0.367. The minimum atomic E-state index is -0.0128. The summed E-state index contributed by atoms with van der Waals surface area (Å²) in [5.41, 5.74) is 0. The van der Waals surface area contributed by atoms with Gasteiger partial charge < -0.3 is 24.8 Å². The number of nitrogens with one attached hydrogen (secondary N) is 2. The lowest BCUT2D eigenvalue weighted by Crippen LogP contribution is -2.42. The molecule has 0 aromatic heterocycles. The predicted octanol–water partition coefficient (Wildman–Crippen LogP) is 1.74. The number of methoxy groups -OCH3 is 1. The third kappa shape index (κ3) is 8.05. The summed E-state index contributed by atoms with van der Waals surface area (Å²) in [6.45, 7) is 8.57. The number of morpholine rings is 1. The van der Waals surface area contributed by atoms with E-state index in [9.17, 15) is 0 Å². The lowest BCUT2D eigenvalue weighted by molar-refractivity contribution is 0.0372. The molecule has 1 aliphatic heterocycles. The number of ether oxygens (including phenoxy) is 3. The summed E-state index contributed by atoms with van der Waals surface area (Å²) >= 11 is 0. The van der Waals surface area contributed by atoms with Crippen LogP contribution in [0.3, 0.4) is 0 Å². The van der Waals surface area contributed by atoms with E-state index in [0.717, 1.165) is 63.3 Å². The Morgan fingerprint density at radius 2 is 1.93 bits per heavy atom. The highest BCUT2D eigenvalue weighted by atomic mass is 16.5. The Morgan fingerprint density at radius 3 is 2.63 bits per heavy atom. The molecule has 0 radical (unpaired) electrons. The van der Waals surface area contributed by atoms with Crippen LogP contribution in [0.25, 0.3) is 0 Å². The van der Waals surface area contributed by atoms with Crippen LogP contribution in [0.1, 0.15) is 19.8 Å². The van der Waals surface area contributed by atoms with Crippen LogP contribution in [0.15, 0.2) is 29.3 Å². The van der Waals surface area contributed by atoms with Gasteiger partial charge in [0.2, 0.25) is 0 Å². The highest BCUT2D eigenvalue weighted by Gasteiger charge is 2.10. The first-order valence-electron chi connectivity index (χ1n) is 9.77. The van der Waals surface area contributed by atoms with Gasteiger partial charge in [-0.15, -0.1) is 0 Å². The first-order chi connectivity index (χ1) is 13.2. The average molecular weight is 379 g/mol. The van der Waals surface area contributed by atoms with Gasteiger partial charge >= 0.3 is 0 Å². The number of hydrogen-bond donors (Lipinski definition) is 2. The second-order valence-electron chi connectivity index (χ2n) is 6.62. The first-order valence-corrected chi connectivity index (χ1v) is 9.77. The zero-order valence-electron chi connectivity index (χ0n) is 16.9. The molecule has 0 amide bonds. The summed E-state index contributed by atoms with van der Waals surface area (Å²) in [5, 5.41) is 6.68. The molecule has 1 saturated heterocycles. The minimum Gasteiger partial charge on any atom is -0.493 e. The van der Waals surface area contributed by atoms with Gasteiger partial charge in [0.05, 0.1) is 26.9 Å². The standard InChI is InChI=1S/C20H34N4O3/c1-17(27-19-9-5-4-8-18(19)25-3)16-23-20(21-2)22-10-6-7-11-24-12-14-26-15-13-24/h4-5,8-9,17H,6-7,10-16H2,1-3H3,(H2,21,22,23). The smallest absolute Gasteiger partial charge is 0.191 e. The third-order valence-corrected chi connectivity index (χ3v) is 4.48. The molecule has 1 aromatic carbocycles. The number of para-hydroxylation sites is 2. The van der Waals surface area contributed by atoms with Gasteiger partial charge in [0.15, 0.2) is 17.5 Å². The van der Waals surface area contributed by atoms with Crippen LogP contribution in [0.2, 0.25) is 0 Å².